The van der Waals surface area contributed by atoms with E-state index in [-0.39, 0.29) is 18.6 Å². The van der Waals surface area contributed by atoms with E-state index in [1.165, 1.54) is 18.3 Å². The highest BCUT2D eigenvalue weighted by molar-refractivity contribution is 5.92. The Hall–Kier alpha value is -1.75. The molecule has 1 aromatic heterocycles. The maximum absolute atomic E-state index is 13.0. The van der Waals surface area contributed by atoms with Crippen molar-refractivity contribution in [2.24, 2.45) is 5.92 Å². The van der Waals surface area contributed by atoms with Gasteiger partial charge >= 0.3 is 0 Å². The largest absolute Gasteiger partial charge is 0.394 e. The van der Waals surface area contributed by atoms with E-state index in [0.717, 1.165) is 19.0 Å². The van der Waals surface area contributed by atoms with E-state index < -0.39 is 5.82 Å². The molecule has 20 heavy (non-hydrogen) atoms. The SMILES string of the molecule is CC1CCCN(C(=O)/C=C/c2cncc(F)c2)C1CO. The van der Waals surface area contributed by atoms with Gasteiger partial charge in [0.25, 0.3) is 0 Å². The van der Waals surface area contributed by atoms with Gasteiger partial charge in [-0.1, -0.05) is 6.92 Å². The summed E-state index contributed by atoms with van der Waals surface area (Å²) < 4.78 is 13.0. The molecule has 0 saturated carbocycles. The molecule has 4 nitrogen and oxygen atoms in total. The minimum Gasteiger partial charge on any atom is -0.394 e. The molecule has 1 aliphatic rings. The van der Waals surface area contributed by atoms with Crippen LogP contribution in [0, 0.1) is 11.7 Å². The smallest absolute Gasteiger partial charge is 0.246 e. The van der Waals surface area contributed by atoms with Gasteiger partial charge in [-0.2, -0.15) is 0 Å². The molecule has 0 aromatic carbocycles. The Labute approximate surface area is 117 Å². The molecule has 1 aliphatic heterocycles. The Bertz CT molecular complexity index is 504. The Morgan fingerprint density at radius 3 is 3.10 bits per heavy atom. The summed E-state index contributed by atoms with van der Waals surface area (Å²) in [6.45, 7) is 2.67. The summed E-state index contributed by atoms with van der Waals surface area (Å²) in [6.07, 6.45) is 7.54. The van der Waals surface area contributed by atoms with Crippen LogP contribution in [-0.4, -0.2) is 40.1 Å². The molecule has 108 valence electrons. The van der Waals surface area contributed by atoms with Crippen LogP contribution in [0.3, 0.4) is 0 Å². The maximum Gasteiger partial charge on any atom is 0.246 e. The van der Waals surface area contributed by atoms with Crippen molar-refractivity contribution in [3.8, 4) is 0 Å². The van der Waals surface area contributed by atoms with Gasteiger partial charge in [0, 0.05) is 18.8 Å². The summed E-state index contributed by atoms with van der Waals surface area (Å²) in [7, 11) is 0. The summed E-state index contributed by atoms with van der Waals surface area (Å²) in [4.78, 5) is 17.6. The minimum atomic E-state index is -0.431. The number of nitrogens with zero attached hydrogens (tertiary/aromatic N) is 2. The van der Waals surface area contributed by atoms with Crippen molar-refractivity contribution < 1.29 is 14.3 Å². The Morgan fingerprint density at radius 2 is 2.40 bits per heavy atom. The van der Waals surface area contributed by atoms with Crippen LogP contribution < -0.4 is 0 Å². The standard InChI is InChI=1S/C15H19FN2O2/c1-11-3-2-6-18(14(11)10-19)15(20)5-4-12-7-13(16)9-17-8-12/h4-5,7-9,11,14,19H,2-3,6,10H2,1H3/b5-4+. The van der Waals surface area contributed by atoms with Crippen molar-refractivity contribution >= 4 is 12.0 Å². The Morgan fingerprint density at radius 1 is 1.60 bits per heavy atom. The van der Waals surface area contributed by atoms with Crippen LogP contribution in [0.4, 0.5) is 4.39 Å². The first-order chi connectivity index (χ1) is 9.61. The van der Waals surface area contributed by atoms with Crippen LogP contribution in [-0.2, 0) is 4.79 Å². The number of aliphatic hydroxyl groups excluding tert-OH is 1. The number of hydrogen-bond acceptors (Lipinski definition) is 3. The molecule has 2 rings (SSSR count). The average Bonchev–Trinajstić information content (AvgIpc) is 2.44. The third-order valence-corrected chi connectivity index (χ3v) is 3.73. The number of halogens is 1. The van der Waals surface area contributed by atoms with Crippen molar-refractivity contribution in [3.05, 3.63) is 35.9 Å². The molecule has 2 heterocycles. The van der Waals surface area contributed by atoms with Gasteiger partial charge in [-0.25, -0.2) is 4.39 Å². The molecule has 1 amide bonds. The molecule has 1 saturated heterocycles. The fraction of sp³-hybridized carbons (Fsp3) is 0.467. The summed E-state index contributed by atoms with van der Waals surface area (Å²) >= 11 is 0. The van der Waals surface area contributed by atoms with Crippen molar-refractivity contribution in [1.29, 1.82) is 0 Å². The fourth-order valence-corrected chi connectivity index (χ4v) is 2.58. The van der Waals surface area contributed by atoms with E-state index in [1.807, 2.05) is 6.92 Å². The maximum atomic E-state index is 13.0. The average molecular weight is 278 g/mol. The summed E-state index contributed by atoms with van der Waals surface area (Å²) in [5, 5.41) is 9.42. The number of hydrogen-bond donors (Lipinski definition) is 1. The van der Waals surface area contributed by atoms with Gasteiger partial charge in [-0.05, 0) is 36.5 Å². The number of piperidine rings is 1. The third-order valence-electron chi connectivity index (χ3n) is 3.73. The second kappa shape index (κ2) is 6.61. The van der Waals surface area contributed by atoms with E-state index in [4.69, 9.17) is 0 Å². The highest BCUT2D eigenvalue weighted by atomic mass is 19.1. The molecular weight excluding hydrogens is 259 g/mol. The normalized spacial score (nSPS) is 23.2. The molecule has 1 N–H and O–H groups in total. The van der Waals surface area contributed by atoms with Gasteiger partial charge in [0.15, 0.2) is 0 Å². The molecular formula is C15H19FN2O2. The molecule has 1 fully saturated rings. The predicted octanol–water partition coefficient (Wildman–Crippen LogP) is 1.85. The molecule has 0 bridgehead atoms. The lowest BCUT2D eigenvalue weighted by molar-refractivity contribution is -0.132. The lowest BCUT2D eigenvalue weighted by Gasteiger charge is -2.38. The molecule has 0 radical (unpaired) electrons. The van der Waals surface area contributed by atoms with Gasteiger partial charge in [-0.3, -0.25) is 9.78 Å². The highest BCUT2D eigenvalue weighted by Gasteiger charge is 2.30. The first kappa shape index (κ1) is 14.7. The first-order valence-corrected chi connectivity index (χ1v) is 6.82. The van der Waals surface area contributed by atoms with E-state index in [9.17, 15) is 14.3 Å². The van der Waals surface area contributed by atoms with E-state index >= 15 is 0 Å². The van der Waals surface area contributed by atoms with Gasteiger partial charge in [0.1, 0.15) is 5.82 Å². The van der Waals surface area contributed by atoms with Crippen molar-refractivity contribution in [2.75, 3.05) is 13.2 Å². The van der Waals surface area contributed by atoms with Crippen LogP contribution in [0.25, 0.3) is 6.08 Å². The number of likely N-dealkylation sites (tertiary alicyclic amines) is 1. The van der Waals surface area contributed by atoms with Gasteiger partial charge in [0.2, 0.25) is 5.91 Å². The van der Waals surface area contributed by atoms with Crippen LogP contribution in [0.1, 0.15) is 25.3 Å². The van der Waals surface area contributed by atoms with Crippen LogP contribution >= 0.6 is 0 Å². The van der Waals surface area contributed by atoms with Crippen LogP contribution in [0.5, 0.6) is 0 Å². The van der Waals surface area contributed by atoms with Crippen molar-refractivity contribution in [3.63, 3.8) is 0 Å². The number of carbonyl (C=O) groups excluding carboxylic acids is 1. The molecule has 2 unspecified atom stereocenters. The van der Waals surface area contributed by atoms with Gasteiger partial charge in [0.05, 0.1) is 18.8 Å². The topological polar surface area (TPSA) is 53.4 Å². The van der Waals surface area contributed by atoms with Crippen molar-refractivity contribution in [2.45, 2.75) is 25.8 Å². The minimum absolute atomic E-state index is 0.0255. The third kappa shape index (κ3) is 3.42. The summed E-state index contributed by atoms with van der Waals surface area (Å²) in [5.41, 5.74) is 0.545. The zero-order valence-electron chi connectivity index (χ0n) is 11.5. The second-order valence-electron chi connectivity index (χ2n) is 5.17. The van der Waals surface area contributed by atoms with Gasteiger partial charge < -0.3 is 10.0 Å². The van der Waals surface area contributed by atoms with Crippen molar-refractivity contribution in [1.82, 2.24) is 9.88 Å². The number of carbonyl (C=O) groups is 1. The van der Waals surface area contributed by atoms with E-state index in [1.54, 1.807) is 11.0 Å². The lowest BCUT2D eigenvalue weighted by atomic mass is 9.91. The molecule has 0 spiro atoms. The number of amides is 1. The molecule has 5 heteroatoms. The number of aliphatic hydroxyl groups is 1. The van der Waals surface area contributed by atoms with Gasteiger partial charge in [-0.15, -0.1) is 0 Å². The summed E-state index contributed by atoms with van der Waals surface area (Å²) in [5.74, 6) is -0.291. The highest BCUT2D eigenvalue weighted by Crippen LogP contribution is 2.23. The lowest BCUT2D eigenvalue weighted by Crippen LogP contribution is -2.49. The zero-order chi connectivity index (χ0) is 14.5. The quantitative estimate of drug-likeness (QED) is 0.859. The number of aromatic nitrogens is 1. The molecule has 2 atom stereocenters. The first-order valence-electron chi connectivity index (χ1n) is 6.82. The fourth-order valence-electron chi connectivity index (χ4n) is 2.58. The molecule has 0 aliphatic carbocycles. The second-order valence-corrected chi connectivity index (χ2v) is 5.17. The number of rotatable bonds is 3. The van der Waals surface area contributed by atoms with E-state index in [2.05, 4.69) is 4.98 Å². The Balaban J connectivity index is 2.07. The number of pyridine rings is 1. The molecule has 1 aromatic rings. The van der Waals surface area contributed by atoms with Crippen LogP contribution in [0.15, 0.2) is 24.5 Å². The van der Waals surface area contributed by atoms with Crippen LogP contribution in [0.2, 0.25) is 0 Å². The Kier molecular flexibility index (Phi) is 4.84. The zero-order valence-corrected chi connectivity index (χ0v) is 11.5. The van der Waals surface area contributed by atoms with E-state index in [0.29, 0.717) is 18.0 Å². The summed E-state index contributed by atoms with van der Waals surface area (Å²) in [6, 6.07) is 1.19. The predicted molar refractivity (Wildman–Crippen MR) is 74.2 cm³/mol. The monoisotopic (exact) mass is 278 g/mol.